The Kier molecular flexibility index (Phi) is 5.36. The Morgan fingerprint density at radius 2 is 1.71 bits per heavy atom. The van der Waals surface area contributed by atoms with Gasteiger partial charge in [-0.3, -0.25) is 4.79 Å². The molecule has 0 aromatic heterocycles. The highest BCUT2D eigenvalue weighted by Crippen LogP contribution is 2.14. The van der Waals surface area contributed by atoms with E-state index in [1.54, 1.807) is 0 Å². The summed E-state index contributed by atoms with van der Waals surface area (Å²) in [5.74, 6) is 0.565. The van der Waals surface area contributed by atoms with Gasteiger partial charge in [-0.2, -0.15) is 0 Å². The lowest BCUT2D eigenvalue weighted by Crippen LogP contribution is -2.29. The SMILES string of the molecule is CCc1ccc(CC(=O)C(CN)C(C)C)cc1. The average Bonchev–Trinajstić information content (AvgIpc) is 2.30. The van der Waals surface area contributed by atoms with Crippen LogP contribution in [0.4, 0.5) is 0 Å². The van der Waals surface area contributed by atoms with E-state index >= 15 is 0 Å². The van der Waals surface area contributed by atoms with Crippen molar-refractivity contribution in [3.8, 4) is 0 Å². The maximum atomic E-state index is 12.1. The van der Waals surface area contributed by atoms with Gasteiger partial charge in [0.25, 0.3) is 0 Å². The monoisotopic (exact) mass is 233 g/mol. The number of carbonyl (C=O) groups excluding carboxylic acids is 1. The highest BCUT2D eigenvalue weighted by Gasteiger charge is 2.20. The van der Waals surface area contributed by atoms with E-state index in [2.05, 4.69) is 32.9 Å². The third kappa shape index (κ3) is 3.97. The topological polar surface area (TPSA) is 43.1 Å². The van der Waals surface area contributed by atoms with Gasteiger partial charge in [0.2, 0.25) is 0 Å². The average molecular weight is 233 g/mol. The van der Waals surface area contributed by atoms with Gasteiger partial charge in [-0.05, 0) is 23.5 Å². The smallest absolute Gasteiger partial charge is 0.141 e. The third-order valence-electron chi connectivity index (χ3n) is 3.28. The second kappa shape index (κ2) is 6.55. The fraction of sp³-hybridized carbons (Fsp3) is 0.533. The van der Waals surface area contributed by atoms with Crippen LogP contribution in [0.3, 0.4) is 0 Å². The van der Waals surface area contributed by atoms with Crippen molar-refractivity contribution >= 4 is 5.78 Å². The minimum absolute atomic E-state index is 0.0131. The summed E-state index contributed by atoms with van der Waals surface area (Å²) in [5.41, 5.74) is 8.05. The van der Waals surface area contributed by atoms with Gasteiger partial charge in [0.05, 0.1) is 0 Å². The van der Waals surface area contributed by atoms with E-state index in [9.17, 15) is 4.79 Å². The molecule has 2 N–H and O–H groups in total. The largest absolute Gasteiger partial charge is 0.330 e. The Bertz CT molecular complexity index is 354. The molecule has 0 aliphatic rings. The summed E-state index contributed by atoms with van der Waals surface area (Å²) in [6.45, 7) is 6.68. The van der Waals surface area contributed by atoms with Crippen molar-refractivity contribution < 1.29 is 4.79 Å². The van der Waals surface area contributed by atoms with Gasteiger partial charge < -0.3 is 5.73 Å². The molecule has 0 saturated heterocycles. The molecular weight excluding hydrogens is 210 g/mol. The van der Waals surface area contributed by atoms with E-state index < -0.39 is 0 Å². The number of benzene rings is 1. The first-order valence-electron chi connectivity index (χ1n) is 6.39. The predicted octanol–water partition coefficient (Wildman–Crippen LogP) is 2.59. The molecule has 0 amide bonds. The summed E-state index contributed by atoms with van der Waals surface area (Å²) in [5, 5.41) is 0. The highest BCUT2D eigenvalue weighted by molar-refractivity contribution is 5.83. The zero-order valence-corrected chi connectivity index (χ0v) is 11.1. The zero-order chi connectivity index (χ0) is 12.8. The van der Waals surface area contributed by atoms with Crippen LogP contribution in [0.25, 0.3) is 0 Å². The van der Waals surface area contributed by atoms with Crippen molar-refractivity contribution in [3.05, 3.63) is 35.4 Å². The molecule has 0 bridgehead atoms. The molecule has 0 spiro atoms. The Balaban J connectivity index is 2.66. The maximum Gasteiger partial charge on any atom is 0.141 e. The number of carbonyl (C=O) groups is 1. The van der Waals surface area contributed by atoms with Gasteiger partial charge in [-0.15, -0.1) is 0 Å². The van der Waals surface area contributed by atoms with Crippen molar-refractivity contribution in [2.75, 3.05) is 6.54 Å². The van der Waals surface area contributed by atoms with E-state index in [0.29, 0.717) is 18.9 Å². The van der Waals surface area contributed by atoms with Crippen LogP contribution < -0.4 is 5.73 Å². The van der Waals surface area contributed by atoms with Crippen LogP contribution in [0.1, 0.15) is 31.9 Å². The van der Waals surface area contributed by atoms with E-state index in [1.165, 1.54) is 5.56 Å². The Morgan fingerprint density at radius 1 is 1.18 bits per heavy atom. The molecule has 1 aromatic rings. The van der Waals surface area contributed by atoms with E-state index in [-0.39, 0.29) is 11.7 Å². The fourth-order valence-electron chi connectivity index (χ4n) is 2.00. The quantitative estimate of drug-likeness (QED) is 0.820. The van der Waals surface area contributed by atoms with Crippen molar-refractivity contribution in [2.24, 2.45) is 17.6 Å². The second-order valence-corrected chi connectivity index (χ2v) is 4.90. The standard InChI is InChI=1S/C15H23NO/c1-4-12-5-7-13(8-6-12)9-15(17)14(10-16)11(2)3/h5-8,11,14H,4,9-10,16H2,1-3H3. The van der Waals surface area contributed by atoms with Gasteiger partial charge in [-0.25, -0.2) is 0 Å². The lowest BCUT2D eigenvalue weighted by molar-refractivity contribution is -0.123. The predicted molar refractivity (Wildman–Crippen MR) is 71.9 cm³/mol. The molecule has 1 rings (SSSR count). The van der Waals surface area contributed by atoms with Crippen LogP contribution in [-0.4, -0.2) is 12.3 Å². The van der Waals surface area contributed by atoms with Crippen LogP contribution in [0.15, 0.2) is 24.3 Å². The number of Topliss-reactive ketones (excluding diaryl/α,β-unsaturated/α-hetero) is 1. The van der Waals surface area contributed by atoms with Gasteiger partial charge >= 0.3 is 0 Å². The van der Waals surface area contributed by atoms with Crippen LogP contribution in [0.5, 0.6) is 0 Å². The van der Waals surface area contributed by atoms with E-state index in [4.69, 9.17) is 5.73 Å². The molecule has 1 unspecified atom stereocenters. The second-order valence-electron chi connectivity index (χ2n) is 4.90. The van der Waals surface area contributed by atoms with E-state index in [0.717, 1.165) is 12.0 Å². The molecule has 0 saturated carbocycles. The number of nitrogens with two attached hydrogens (primary N) is 1. The summed E-state index contributed by atoms with van der Waals surface area (Å²) in [6, 6.07) is 8.28. The number of hydrogen-bond donors (Lipinski definition) is 1. The minimum Gasteiger partial charge on any atom is -0.330 e. The van der Waals surface area contributed by atoms with Crippen molar-refractivity contribution in [1.82, 2.24) is 0 Å². The Hall–Kier alpha value is -1.15. The molecule has 0 radical (unpaired) electrons. The normalized spacial score (nSPS) is 12.8. The highest BCUT2D eigenvalue weighted by atomic mass is 16.1. The summed E-state index contributed by atoms with van der Waals surface area (Å²) in [4.78, 5) is 12.1. The molecule has 0 fully saturated rings. The van der Waals surface area contributed by atoms with Crippen molar-refractivity contribution in [3.63, 3.8) is 0 Å². The van der Waals surface area contributed by atoms with Crippen molar-refractivity contribution in [1.29, 1.82) is 0 Å². The molecule has 1 atom stereocenters. The lowest BCUT2D eigenvalue weighted by atomic mass is 9.88. The first-order valence-corrected chi connectivity index (χ1v) is 6.39. The van der Waals surface area contributed by atoms with Crippen LogP contribution in [-0.2, 0) is 17.6 Å². The number of rotatable bonds is 6. The molecular formula is C15H23NO. The number of aryl methyl sites for hydroxylation is 1. The Labute approximate surface area is 104 Å². The van der Waals surface area contributed by atoms with Crippen LogP contribution in [0.2, 0.25) is 0 Å². The molecule has 0 heterocycles. The molecule has 2 heteroatoms. The van der Waals surface area contributed by atoms with Crippen LogP contribution >= 0.6 is 0 Å². The molecule has 0 aliphatic carbocycles. The summed E-state index contributed by atoms with van der Waals surface area (Å²) < 4.78 is 0. The number of ketones is 1. The van der Waals surface area contributed by atoms with Gasteiger partial charge in [0.15, 0.2) is 0 Å². The maximum absolute atomic E-state index is 12.1. The van der Waals surface area contributed by atoms with Gasteiger partial charge in [-0.1, -0.05) is 45.0 Å². The molecule has 1 aromatic carbocycles. The zero-order valence-electron chi connectivity index (χ0n) is 11.1. The van der Waals surface area contributed by atoms with Gasteiger partial charge in [0.1, 0.15) is 5.78 Å². The number of hydrogen-bond acceptors (Lipinski definition) is 2. The first kappa shape index (κ1) is 13.9. The lowest BCUT2D eigenvalue weighted by Gasteiger charge is -2.17. The summed E-state index contributed by atoms with van der Waals surface area (Å²) in [7, 11) is 0. The van der Waals surface area contributed by atoms with Crippen molar-refractivity contribution in [2.45, 2.75) is 33.6 Å². The summed E-state index contributed by atoms with van der Waals surface area (Å²) in [6.07, 6.45) is 1.54. The molecule has 17 heavy (non-hydrogen) atoms. The minimum atomic E-state index is -0.0131. The van der Waals surface area contributed by atoms with Crippen LogP contribution in [0, 0.1) is 11.8 Å². The molecule has 0 aliphatic heterocycles. The fourth-order valence-corrected chi connectivity index (χ4v) is 2.00. The van der Waals surface area contributed by atoms with E-state index in [1.807, 2.05) is 12.1 Å². The summed E-state index contributed by atoms with van der Waals surface area (Å²) >= 11 is 0. The molecule has 94 valence electrons. The third-order valence-corrected chi connectivity index (χ3v) is 3.28. The molecule has 2 nitrogen and oxygen atoms in total. The van der Waals surface area contributed by atoms with Gasteiger partial charge in [0, 0.05) is 18.9 Å². The first-order chi connectivity index (χ1) is 8.08. The Morgan fingerprint density at radius 3 is 2.12 bits per heavy atom.